The van der Waals surface area contributed by atoms with Crippen LogP contribution in [0.25, 0.3) is 0 Å². The molecule has 0 radical (unpaired) electrons. The second-order valence-electron chi connectivity index (χ2n) is 5.49. The van der Waals surface area contributed by atoms with Crippen LogP contribution in [-0.4, -0.2) is 35.5 Å². The fraction of sp³-hybridized carbons (Fsp3) is 0.643. The SMILES string of the molecule is Cc1cc(C(=O)NCC(C)C)nc(N2CCCC2)n1. The van der Waals surface area contributed by atoms with Crippen molar-refractivity contribution in [1.82, 2.24) is 15.3 Å². The summed E-state index contributed by atoms with van der Waals surface area (Å²) in [7, 11) is 0. The summed E-state index contributed by atoms with van der Waals surface area (Å²) in [5, 5.41) is 2.90. The van der Waals surface area contributed by atoms with Crippen LogP contribution in [0.3, 0.4) is 0 Å². The fourth-order valence-corrected chi connectivity index (χ4v) is 2.12. The van der Waals surface area contributed by atoms with Gasteiger partial charge in [0.05, 0.1) is 0 Å². The molecule has 0 aromatic carbocycles. The molecule has 1 amide bonds. The van der Waals surface area contributed by atoms with Gasteiger partial charge in [-0.15, -0.1) is 0 Å². The quantitative estimate of drug-likeness (QED) is 0.898. The van der Waals surface area contributed by atoms with E-state index in [2.05, 4.69) is 34.0 Å². The van der Waals surface area contributed by atoms with E-state index in [9.17, 15) is 4.79 Å². The number of amides is 1. The Labute approximate surface area is 114 Å². The van der Waals surface area contributed by atoms with Gasteiger partial charge in [0.25, 0.3) is 5.91 Å². The largest absolute Gasteiger partial charge is 0.350 e. The summed E-state index contributed by atoms with van der Waals surface area (Å²) >= 11 is 0. The summed E-state index contributed by atoms with van der Waals surface area (Å²) in [6.07, 6.45) is 2.35. The molecule has 1 aliphatic rings. The number of nitrogens with zero attached hydrogens (tertiary/aromatic N) is 3. The van der Waals surface area contributed by atoms with Crippen molar-refractivity contribution in [2.75, 3.05) is 24.5 Å². The van der Waals surface area contributed by atoms with Crippen molar-refractivity contribution in [2.45, 2.75) is 33.6 Å². The second-order valence-corrected chi connectivity index (χ2v) is 5.49. The molecule has 1 N–H and O–H groups in total. The lowest BCUT2D eigenvalue weighted by Crippen LogP contribution is -2.29. The summed E-state index contributed by atoms with van der Waals surface area (Å²) in [6.45, 7) is 8.68. The lowest BCUT2D eigenvalue weighted by Gasteiger charge is -2.16. The van der Waals surface area contributed by atoms with Crippen LogP contribution in [0.4, 0.5) is 5.95 Å². The van der Waals surface area contributed by atoms with E-state index in [4.69, 9.17) is 0 Å². The van der Waals surface area contributed by atoms with E-state index in [-0.39, 0.29) is 5.91 Å². The van der Waals surface area contributed by atoms with Crippen LogP contribution in [0.5, 0.6) is 0 Å². The van der Waals surface area contributed by atoms with Crippen LogP contribution < -0.4 is 10.2 Å². The zero-order valence-electron chi connectivity index (χ0n) is 11.9. The first kappa shape index (κ1) is 13.8. The molecule has 104 valence electrons. The highest BCUT2D eigenvalue weighted by atomic mass is 16.1. The molecular weight excluding hydrogens is 240 g/mol. The van der Waals surface area contributed by atoms with Crippen molar-refractivity contribution < 1.29 is 4.79 Å². The Bertz CT molecular complexity index is 453. The number of carbonyl (C=O) groups excluding carboxylic acids is 1. The molecular formula is C14H22N4O. The smallest absolute Gasteiger partial charge is 0.270 e. The molecule has 5 heteroatoms. The van der Waals surface area contributed by atoms with Crippen LogP contribution in [0.1, 0.15) is 42.9 Å². The Morgan fingerprint density at radius 3 is 2.68 bits per heavy atom. The highest BCUT2D eigenvalue weighted by Gasteiger charge is 2.18. The molecule has 5 nitrogen and oxygen atoms in total. The van der Waals surface area contributed by atoms with E-state index in [0.717, 1.165) is 18.8 Å². The number of hydrogen-bond donors (Lipinski definition) is 1. The van der Waals surface area contributed by atoms with Gasteiger partial charge in [0.15, 0.2) is 0 Å². The number of anilines is 1. The van der Waals surface area contributed by atoms with E-state index < -0.39 is 0 Å². The van der Waals surface area contributed by atoms with Crippen molar-refractivity contribution >= 4 is 11.9 Å². The molecule has 19 heavy (non-hydrogen) atoms. The van der Waals surface area contributed by atoms with Gasteiger partial charge in [-0.3, -0.25) is 4.79 Å². The van der Waals surface area contributed by atoms with Crippen molar-refractivity contribution in [1.29, 1.82) is 0 Å². The molecule has 0 spiro atoms. The summed E-state index contributed by atoms with van der Waals surface area (Å²) in [5.74, 6) is 1.01. The zero-order valence-corrected chi connectivity index (χ0v) is 11.9. The third kappa shape index (κ3) is 3.66. The number of nitrogens with one attached hydrogen (secondary N) is 1. The Morgan fingerprint density at radius 2 is 2.05 bits per heavy atom. The van der Waals surface area contributed by atoms with Gasteiger partial charge in [-0.1, -0.05) is 13.8 Å². The summed E-state index contributed by atoms with van der Waals surface area (Å²) in [4.78, 5) is 23.0. The van der Waals surface area contributed by atoms with Crippen LogP contribution >= 0.6 is 0 Å². The third-order valence-electron chi connectivity index (χ3n) is 3.13. The van der Waals surface area contributed by atoms with E-state index in [0.29, 0.717) is 24.1 Å². The number of aromatic nitrogens is 2. The van der Waals surface area contributed by atoms with Gasteiger partial charge in [-0.25, -0.2) is 9.97 Å². The van der Waals surface area contributed by atoms with Crippen molar-refractivity contribution in [2.24, 2.45) is 5.92 Å². The Kier molecular flexibility index (Phi) is 4.35. The van der Waals surface area contributed by atoms with Crippen molar-refractivity contribution in [3.8, 4) is 0 Å². The highest BCUT2D eigenvalue weighted by Crippen LogP contribution is 2.16. The van der Waals surface area contributed by atoms with E-state index in [1.54, 1.807) is 6.07 Å². The third-order valence-corrected chi connectivity index (χ3v) is 3.13. The van der Waals surface area contributed by atoms with E-state index in [1.807, 2.05) is 6.92 Å². The molecule has 0 aliphatic carbocycles. The Balaban J connectivity index is 2.13. The molecule has 0 bridgehead atoms. The molecule has 2 rings (SSSR count). The Morgan fingerprint density at radius 1 is 1.37 bits per heavy atom. The molecule has 1 aromatic rings. The standard InChI is InChI=1S/C14H22N4O/c1-10(2)9-15-13(19)12-8-11(3)16-14(17-12)18-6-4-5-7-18/h8,10H,4-7,9H2,1-3H3,(H,15,19). The number of carbonyl (C=O) groups is 1. The number of aryl methyl sites for hydroxylation is 1. The van der Waals surface area contributed by atoms with Crippen molar-refractivity contribution in [3.05, 3.63) is 17.5 Å². The minimum absolute atomic E-state index is 0.111. The first-order valence-corrected chi connectivity index (χ1v) is 6.95. The lowest BCUT2D eigenvalue weighted by atomic mass is 10.2. The van der Waals surface area contributed by atoms with Crippen LogP contribution in [0.15, 0.2) is 6.07 Å². The monoisotopic (exact) mass is 262 g/mol. The van der Waals surface area contributed by atoms with Crippen molar-refractivity contribution in [3.63, 3.8) is 0 Å². The van der Waals surface area contributed by atoms with Gasteiger partial charge in [0.1, 0.15) is 5.69 Å². The molecule has 0 saturated carbocycles. The maximum absolute atomic E-state index is 12.0. The first-order valence-electron chi connectivity index (χ1n) is 6.95. The first-order chi connectivity index (χ1) is 9.06. The molecule has 2 heterocycles. The average Bonchev–Trinajstić information content (AvgIpc) is 2.89. The Hall–Kier alpha value is -1.65. The van der Waals surface area contributed by atoms with Gasteiger partial charge >= 0.3 is 0 Å². The van der Waals surface area contributed by atoms with Gasteiger partial charge in [-0.2, -0.15) is 0 Å². The molecule has 0 unspecified atom stereocenters. The number of hydrogen-bond acceptors (Lipinski definition) is 4. The number of rotatable bonds is 4. The van der Waals surface area contributed by atoms with E-state index >= 15 is 0 Å². The summed E-state index contributed by atoms with van der Waals surface area (Å²) in [5.41, 5.74) is 1.31. The zero-order chi connectivity index (χ0) is 13.8. The van der Waals surface area contributed by atoms with Gasteiger partial charge in [0.2, 0.25) is 5.95 Å². The molecule has 1 aliphatic heterocycles. The summed E-state index contributed by atoms with van der Waals surface area (Å²) in [6, 6.07) is 1.75. The topological polar surface area (TPSA) is 58.1 Å². The molecule has 1 saturated heterocycles. The average molecular weight is 262 g/mol. The maximum Gasteiger partial charge on any atom is 0.270 e. The minimum Gasteiger partial charge on any atom is -0.350 e. The fourth-order valence-electron chi connectivity index (χ4n) is 2.12. The van der Waals surface area contributed by atoms with Gasteiger partial charge in [-0.05, 0) is 31.7 Å². The van der Waals surface area contributed by atoms with Gasteiger partial charge in [0, 0.05) is 25.3 Å². The van der Waals surface area contributed by atoms with Crippen LogP contribution in [0.2, 0.25) is 0 Å². The summed E-state index contributed by atoms with van der Waals surface area (Å²) < 4.78 is 0. The molecule has 0 atom stereocenters. The maximum atomic E-state index is 12.0. The molecule has 1 fully saturated rings. The predicted molar refractivity (Wildman–Crippen MR) is 75.4 cm³/mol. The van der Waals surface area contributed by atoms with Crippen LogP contribution in [0, 0.1) is 12.8 Å². The van der Waals surface area contributed by atoms with Gasteiger partial charge < -0.3 is 10.2 Å². The van der Waals surface area contributed by atoms with Crippen LogP contribution in [-0.2, 0) is 0 Å². The lowest BCUT2D eigenvalue weighted by molar-refractivity contribution is 0.0944. The van der Waals surface area contributed by atoms with E-state index in [1.165, 1.54) is 12.8 Å². The predicted octanol–water partition coefficient (Wildman–Crippen LogP) is 1.77. The minimum atomic E-state index is -0.111. The normalized spacial score (nSPS) is 15.1. The second kappa shape index (κ2) is 5.99. The molecule has 1 aromatic heterocycles. The highest BCUT2D eigenvalue weighted by molar-refractivity contribution is 5.92.